The molecule has 1 fully saturated rings. The third-order valence-corrected chi connectivity index (χ3v) is 6.63. The number of amides is 1. The van der Waals surface area contributed by atoms with Gasteiger partial charge in [0.2, 0.25) is 5.91 Å². The van der Waals surface area contributed by atoms with Gasteiger partial charge in [0, 0.05) is 44.2 Å². The highest BCUT2D eigenvalue weighted by Crippen LogP contribution is 2.36. The fourth-order valence-electron chi connectivity index (χ4n) is 4.85. The molecule has 0 aliphatic carbocycles. The van der Waals surface area contributed by atoms with E-state index in [4.69, 9.17) is 9.47 Å². The van der Waals surface area contributed by atoms with Gasteiger partial charge in [-0.15, -0.1) is 0 Å². The summed E-state index contributed by atoms with van der Waals surface area (Å²) in [6.07, 6.45) is 1.28. The quantitative estimate of drug-likeness (QED) is 0.692. The zero-order valence-corrected chi connectivity index (χ0v) is 17.9. The van der Waals surface area contributed by atoms with E-state index in [0.29, 0.717) is 49.8 Å². The molecule has 5 rings (SSSR count). The third kappa shape index (κ3) is 3.94. The van der Waals surface area contributed by atoms with Crippen molar-refractivity contribution in [2.45, 2.75) is 25.4 Å². The summed E-state index contributed by atoms with van der Waals surface area (Å²) >= 11 is 0. The highest BCUT2D eigenvalue weighted by Gasteiger charge is 2.28. The molecular formula is C25H25N3O4. The monoisotopic (exact) mass is 431 g/mol. The number of nitrogens with zero attached hydrogens (tertiary/aromatic N) is 3. The van der Waals surface area contributed by atoms with Crippen LogP contribution in [0.15, 0.2) is 36.4 Å². The molecular weight excluding hydrogens is 406 g/mol. The van der Waals surface area contributed by atoms with Gasteiger partial charge in [-0.1, -0.05) is 24.3 Å². The van der Waals surface area contributed by atoms with Gasteiger partial charge in [-0.05, 0) is 29.7 Å². The van der Waals surface area contributed by atoms with Crippen LogP contribution in [0, 0.1) is 11.3 Å². The number of para-hydroxylation sites is 1. The van der Waals surface area contributed by atoms with Gasteiger partial charge in [0.15, 0.2) is 0 Å². The van der Waals surface area contributed by atoms with Crippen LogP contribution in [0.5, 0.6) is 5.75 Å². The molecule has 3 heterocycles. The topological polar surface area (TPSA) is 82.9 Å². The fourth-order valence-corrected chi connectivity index (χ4v) is 4.85. The maximum absolute atomic E-state index is 12.8. The lowest BCUT2D eigenvalue weighted by molar-refractivity contribution is -0.132. The largest absolute Gasteiger partial charge is 0.492 e. The number of nitriles is 1. The van der Waals surface area contributed by atoms with Gasteiger partial charge >= 0.3 is 5.97 Å². The van der Waals surface area contributed by atoms with E-state index in [-0.39, 0.29) is 11.9 Å². The molecule has 1 amide bonds. The SMILES string of the molecule is N#Cc1cccc2c1OCCC2CN1CCN(C(=O)Cc2ccc3c(c2)COC3=O)CC1. The highest BCUT2D eigenvalue weighted by molar-refractivity contribution is 5.93. The summed E-state index contributed by atoms with van der Waals surface area (Å²) in [5, 5.41) is 9.35. The van der Waals surface area contributed by atoms with Gasteiger partial charge in [0.05, 0.1) is 24.2 Å². The van der Waals surface area contributed by atoms with Gasteiger partial charge in [0.1, 0.15) is 18.4 Å². The minimum atomic E-state index is -0.287. The van der Waals surface area contributed by atoms with E-state index in [0.717, 1.165) is 48.5 Å². The van der Waals surface area contributed by atoms with Crippen molar-refractivity contribution in [1.82, 2.24) is 9.80 Å². The first-order valence-electron chi connectivity index (χ1n) is 11.1. The maximum atomic E-state index is 12.8. The number of hydrogen-bond acceptors (Lipinski definition) is 6. The zero-order chi connectivity index (χ0) is 22.1. The second kappa shape index (κ2) is 8.64. The van der Waals surface area contributed by atoms with E-state index in [1.807, 2.05) is 23.1 Å². The molecule has 2 aromatic rings. The molecule has 1 saturated heterocycles. The summed E-state index contributed by atoms with van der Waals surface area (Å²) in [5.41, 5.74) is 4.10. The average Bonchev–Trinajstić information content (AvgIpc) is 3.19. The number of cyclic esters (lactones) is 1. The van der Waals surface area contributed by atoms with Crippen LogP contribution >= 0.6 is 0 Å². The number of rotatable bonds is 4. The van der Waals surface area contributed by atoms with Gasteiger partial charge in [-0.3, -0.25) is 9.69 Å². The number of esters is 1. The van der Waals surface area contributed by atoms with E-state index < -0.39 is 0 Å². The first kappa shape index (κ1) is 20.5. The molecule has 32 heavy (non-hydrogen) atoms. The second-order valence-corrected chi connectivity index (χ2v) is 8.60. The molecule has 2 aromatic carbocycles. The van der Waals surface area contributed by atoms with Crippen molar-refractivity contribution in [2.24, 2.45) is 0 Å². The van der Waals surface area contributed by atoms with Crippen LogP contribution in [0.2, 0.25) is 0 Å². The average molecular weight is 431 g/mol. The van der Waals surface area contributed by atoms with E-state index >= 15 is 0 Å². The lowest BCUT2D eigenvalue weighted by Gasteiger charge is -2.37. The molecule has 3 aliphatic rings. The fraction of sp³-hybridized carbons (Fsp3) is 0.400. The number of benzene rings is 2. The summed E-state index contributed by atoms with van der Waals surface area (Å²) in [5.74, 6) is 0.905. The van der Waals surface area contributed by atoms with Crippen molar-refractivity contribution in [1.29, 1.82) is 5.26 Å². The van der Waals surface area contributed by atoms with Crippen LogP contribution in [0.1, 0.15) is 45.0 Å². The van der Waals surface area contributed by atoms with E-state index in [2.05, 4.69) is 17.0 Å². The molecule has 0 radical (unpaired) electrons. The number of fused-ring (bicyclic) bond motifs is 2. The Hall–Kier alpha value is -3.37. The van der Waals surface area contributed by atoms with Crippen molar-refractivity contribution < 1.29 is 19.1 Å². The van der Waals surface area contributed by atoms with E-state index in [1.54, 1.807) is 12.1 Å². The molecule has 164 valence electrons. The lowest BCUT2D eigenvalue weighted by atomic mass is 9.90. The minimum Gasteiger partial charge on any atom is -0.492 e. The summed E-state index contributed by atoms with van der Waals surface area (Å²) < 4.78 is 10.8. The van der Waals surface area contributed by atoms with Crippen molar-refractivity contribution in [3.05, 3.63) is 64.2 Å². The van der Waals surface area contributed by atoms with Crippen molar-refractivity contribution in [2.75, 3.05) is 39.3 Å². The Labute approximate surface area is 187 Å². The van der Waals surface area contributed by atoms with E-state index in [1.165, 1.54) is 0 Å². The van der Waals surface area contributed by atoms with Crippen molar-refractivity contribution in [3.63, 3.8) is 0 Å². The predicted molar refractivity (Wildman–Crippen MR) is 116 cm³/mol. The Morgan fingerprint density at radius 1 is 1.12 bits per heavy atom. The Morgan fingerprint density at radius 3 is 2.78 bits per heavy atom. The summed E-state index contributed by atoms with van der Waals surface area (Å²) in [4.78, 5) is 28.8. The molecule has 3 aliphatic heterocycles. The molecule has 1 atom stereocenters. The van der Waals surface area contributed by atoms with Gasteiger partial charge in [-0.2, -0.15) is 5.26 Å². The smallest absolute Gasteiger partial charge is 0.338 e. The maximum Gasteiger partial charge on any atom is 0.338 e. The second-order valence-electron chi connectivity index (χ2n) is 8.60. The van der Waals surface area contributed by atoms with E-state index in [9.17, 15) is 14.9 Å². The Balaban J connectivity index is 1.16. The van der Waals surface area contributed by atoms with Crippen LogP contribution in [-0.2, 0) is 22.6 Å². The number of piperazine rings is 1. The molecule has 0 spiro atoms. The van der Waals surface area contributed by atoms with Gasteiger partial charge in [-0.25, -0.2) is 4.79 Å². The molecule has 0 bridgehead atoms. The summed E-state index contributed by atoms with van der Waals surface area (Å²) in [6, 6.07) is 13.5. The van der Waals surface area contributed by atoms with Gasteiger partial charge < -0.3 is 14.4 Å². The highest BCUT2D eigenvalue weighted by atomic mass is 16.5. The van der Waals surface area contributed by atoms with Crippen molar-refractivity contribution >= 4 is 11.9 Å². The Morgan fingerprint density at radius 2 is 1.97 bits per heavy atom. The lowest BCUT2D eigenvalue weighted by Crippen LogP contribution is -2.50. The van der Waals surface area contributed by atoms with Gasteiger partial charge in [0.25, 0.3) is 0 Å². The molecule has 0 N–H and O–H groups in total. The molecule has 7 heteroatoms. The molecule has 1 unspecified atom stereocenters. The molecule has 7 nitrogen and oxygen atoms in total. The standard InChI is InChI=1S/C25H25N3O4/c26-14-18-2-1-3-21-19(6-11-31-24(18)21)15-27-7-9-28(10-8-27)23(29)13-17-4-5-22-20(12-17)16-32-25(22)30/h1-5,12,19H,6-11,13,15-16H2. The zero-order valence-electron chi connectivity index (χ0n) is 17.9. The number of hydrogen-bond donors (Lipinski definition) is 0. The number of carbonyl (C=O) groups excluding carboxylic acids is 2. The Bertz CT molecular complexity index is 1100. The number of ether oxygens (including phenoxy) is 2. The van der Waals surface area contributed by atoms with Crippen LogP contribution in [0.3, 0.4) is 0 Å². The van der Waals surface area contributed by atoms with Crippen molar-refractivity contribution in [3.8, 4) is 11.8 Å². The third-order valence-electron chi connectivity index (χ3n) is 6.63. The summed E-state index contributed by atoms with van der Waals surface area (Å²) in [7, 11) is 0. The number of carbonyl (C=O) groups is 2. The molecule has 0 saturated carbocycles. The summed E-state index contributed by atoms with van der Waals surface area (Å²) in [6.45, 7) is 4.92. The van der Waals surface area contributed by atoms with Crippen LogP contribution in [0.25, 0.3) is 0 Å². The normalized spacial score (nSPS) is 20.0. The first-order chi connectivity index (χ1) is 15.6. The van der Waals surface area contributed by atoms with Crippen LogP contribution in [-0.4, -0.2) is 61.0 Å². The molecule has 0 aromatic heterocycles. The Kier molecular flexibility index (Phi) is 5.54. The van der Waals surface area contributed by atoms with Crippen LogP contribution in [0.4, 0.5) is 0 Å². The first-order valence-corrected chi connectivity index (χ1v) is 11.1. The minimum absolute atomic E-state index is 0.116. The predicted octanol–water partition coefficient (Wildman–Crippen LogP) is 2.48. The van der Waals surface area contributed by atoms with Crippen LogP contribution < -0.4 is 4.74 Å².